The first kappa shape index (κ1) is 16.9. The summed E-state index contributed by atoms with van der Waals surface area (Å²) >= 11 is 0. The minimum Gasteiger partial charge on any atom is -0.209 e. The van der Waals surface area contributed by atoms with E-state index in [1.54, 1.807) is 18.2 Å². The Morgan fingerprint density at radius 3 is 2.35 bits per heavy atom. The predicted molar refractivity (Wildman–Crippen MR) is 89.1 cm³/mol. The van der Waals surface area contributed by atoms with E-state index >= 15 is 0 Å². The molecule has 0 fully saturated rings. The van der Waals surface area contributed by atoms with Crippen molar-refractivity contribution in [3.63, 3.8) is 0 Å². The Labute approximate surface area is 135 Å². The van der Waals surface area contributed by atoms with Crippen LogP contribution >= 0.6 is 0 Å². The Bertz CT molecular complexity index is 724. The maximum absolute atomic E-state index is 13.9. The lowest BCUT2D eigenvalue weighted by Gasteiger charge is -2.06. The zero-order valence-electron chi connectivity index (χ0n) is 13.2. The van der Waals surface area contributed by atoms with Crippen molar-refractivity contribution in [2.24, 2.45) is 0 Å². The molecule has 0 aromatic heterocycles. The van der Waals surface area contributed by atoms with Crippen molar-refractivity contribution in [3.8, 4) is 6.07 Å². The highest BCUT2D eigenvalue weighted by Gasteiger charge is 2.08. The SMILES string of the molecule is CCC/C(F)=C(\F)c1ccc(CCc2ccccc2C#N)cc1. The van der Waals surface area contributed by atoms with Gasteiger partial charge in [0.2, 0.25) is 0 Å². The van der Waals surface area contributed by atoms with Crippen LogP contribution in [0.4, 0.5) is 8.78 Å². The standard InChI is InChI=1S/C20H19F2N/c1-2-5-19(21)20(22)17-12-9-15(10-13-17)8-11-16-6-3-4-7-18(16)14-23/h3-4,6-7,9-10,12-13H,2,5,8,11H2,1H3/b20-19+. The van der Waals surface area contributed by atoms with Crippen LogP contribution in [-0.2, 0) is 12.8 Å². The van der Waals surface area contributed by atoms with Crippen molar-refractivity contribution in [2.75, 3.05) is 0 Å². The topological polar surface area (TPSA) is 23.8 Å². The van der Waals surface area contributed by atoms with Crippen molar-refractivity contribution in [2.45, 2.75) is 32.6 Å². The van der Waals surface area contributed by atoms with Crippen LogP contribution in [0.25, 0.3) is 5.83 Å². The van der Waals surface area contributed by atoms with Gasteiger partial charge < -0.3 is 0 Å². The predicted octanol–water partition coefficient (Wildman–Crippen LogP) is 5.75. The van der Waals surface area contributed by atoms with Gasteiger partial charge in [0.15, 0.2) is 5.83 Å². The summed E-state index contributed by atoms with van der Waals surface area (Å²) in [6.45, 7) is 1.81. The van der Waals surface area contributed by atoms with E-state index < -0.39 is 11.7 Å². The van der Waals surface area contributed by atoms with E-state index in [0.717, 1.165) is 24.0 Å². The third-order valence-corrected chi connectivity index (χ3v) is 3.74. The van der Waals surface area contributed by atoms with Crippen molar-refractivity contribution in [3.05, 3.63) is 76.6 Å². The van der Waals surface area contributed by atoms with E-state index in [1.807, 2.05) is 37.3 Å². The number of allylic oxidation sites excluding steroid dienone is 1. The number of hydrogen-bond donors (Lipinski definition) is 0. The fraction of sp³-hybridized carbons (Fsp3) is 0.250. The number of nitriles is 1. The number of aryl methyl sites for hydroxylation is 2. The Morgan fingerprint density at radius 1 is 1.00 bits per heavy atom. The third-order valence-electron chi connectivity index (χ3n) is 3.74. The van der Waals surface area contributed by atoms with Crippen LogP contribution in [0, 0.1) is 11.3 Å². The molecule has 0 atom stereocenters. The molecule has 0 spiro atoms. The minimum absolute atomic E-state index is 0.124. The van der Waals surface area contributed by atoms with Gasteiger partial charge in [0.25, 0.3) is 0 Å². The average molecular weight is 311 g/mol. The lowest BCUT2D eigenvalue weighted by Crippen LogP contribution is -1.95. The summed E-state index contributed by atoms with van der Waals surface area (Å²) in [6, 6.07) is 16.5. The Kier molecular flexibility index (Phi) is 6.05. The van der Waals surface area contributed by atoms with Gasteiger partial charge in [0.05, 0.1) is 11.6 Å². The molecule has 2 rings (SSSR count). The van der Waals surface area contributed by atoms with E-state index in [0.29, 0.717) is 12.0 Å². The molecular formula is C20H19F2N. The van der Waals surface area contributed by atoms with E-state index in [1.165, 1.54) is 0 Å². The average Bonchev–Trinajstić information content (AvgIpc) is 2.60. The lowest BCUT2D eigenvalue weighted by molar-refractivity contribution is 0.559. The van der Waals surface area contributed by atoms with Gasteiger partial charge in [-0.25, -0.2) is 8.78 Å². The van der Waals surface area contributed by atoms with Crippen LogP contribution in [0.3, 0.4) is 0 Å². The molecule has 1 nitrogen and oxygen atoms in total. The number of hydrogen-bond acceptors (Lipinski definition) is 1. The molecule has 0 amide bonds. The molecule has 0 radical (unpaired) electrons. The first-order valence-corrected chi connectivity index (χ1v) is 7.77. The van der Waals surface area contributed by atoms with E-state index in [-0.39, 0.29) is 12.0 Å². The van der Waals surface area contributed by atoms with Gasteiger partial charge in [-0.05, 0) is 36.5 Å². The molecule has 0 N–H and O–H groups in total. The second kappa shape index (κ2) is 8.24. The van der Waals surface area contributed by atoms with Crippen LogP contribution in [0.15, 0.2) is 54.4 Å². The summed E-state index contributed by atoms with van der Waals surface area (Å²) in [7, 11) is 0. The van der Waals surface area contributed by atoms with E-state index in [2.05, 4.69) is 6.07 Å². The highest BCUT2D eigenvalue weighted by atomic mass is 19.2. The summed E-state index contributed by atoms with van der Waals surface area (Å²) in [4.78, 5) is 0. The zero-order chi connectivity index (χ0) is 16.7. The van der Waals surface area contributed by atoms with Crippen LogP contribution in [0.5, 0.6) is 0 Å². The summed E-state index contributed by atoms with van der Waals surface area (Å²) in [5.74, 6) is -1.46. The zero-order valence-corrected chi connectivity index (χ0v) is 13.2. The van der Waals surface area contributed by atoms with Crippen molar-refractivity contribution < 1.29 is 8.78 Å². The summed E-state index contributed by atoms with van der Waals surface area (Å²) in [5.41, 5.74) is 2.99. The van der Waals surface area contributed by atoms with Crippen LogP contribution in [0.2, 0.25) is 0 Å². The maximum Gasteiger partial charge on any atom is 0.161 e. The second-order valence-corrected chi connectivity index (χ2v) is 5.43. The van der Waals surface area contributed by atoms with Gasteiger partial charge in [0.1, 0.15) is 5.83 Å². The molecule has 0 aliphatic heterocycles. The summed E-state index contributed by atoms with van der Waals surface area (Å²) in [6.07, 6.45) is 2.20. The molecule has 0 saturated heterocycles. The third kappa shape index (κ3) is 4.50. The van der Waals surface area contributed by atoms with Crippen molar-refractivity contribution >= 4 is 5.83 Å². The van der Waals surface area contributed by atoms with Gasteiger partial charge in [-0.3, -0.25) is 0 Å². The normalized spacial score (nSPS) is 11.7. The molecule has 0 aliphatic carbocycles. The highest BCUT2D eigenvalue weighted by Crippen LogP contribution is 2.24. The lowest BCUT2D eigenvalue weighted by atomic mass is 9.99. The molecule has 118 valence electrons. The summed E-state index contributed by atoms with van der Waals surface area (Å²) in [5, 5.41) is 9.08. The van der Waals surface area contributed by atoms with Gasteiger partial charge in [-0.2, -0.15) is 5.26 Å². The Balaban J connectivity index is 2.06. The van der Waals surface area contributed by atoms with Crippen LogP contribution < -0.4 is 0 Å². The molecule has 2 aromatic rings. The van der Waals surface area contributed by atoms with Crippen LogP contribution in [-0.4, -0.2) is 0 Å². The number of benzene rings is 2. The first-order chi connectivity index (χ1) is 11.2. The van der Waals surface area contributed by atoms with Gasteiger partial charge in [-0.15, -0.1) is 0 Å². The minimum atomic E-state index is -0.770. The van der Waals surface area contributed by atoms with E-state index in [4.69, 9.17) is 5.26 Å². The molecule has 2 aromatic carbocycles. The molecule has 0 unspecified atom stereocenters. The number of nitrogens with zero attached hydrogens (tertiary/aromatic N) is 1. The molecular weight excluding hydrogens is 292 g/mol. The van der Waals surface area contributed by atoms with Gasteiger partial charge in [-0.1, -0.05) is 49.4 Å². The fourth-order valence-electron chi connectivity index (χ4n) is 2.43. The fourth-order valence-corrected chi connectivity index (χ4v) is 2.43. The Morgan fingerprint density at radius 2 is 1.70 bits per heavy atom. The van der Waals surface area contributed by atoms with Crippen molar-refractivity contribution in [1.29, 1.82) is 5.26 Å². The second-order valence-electron chi connectivity index (χ2n) is 5.43. The maximum atomic E-state index is 13.9. The molecule has 3 heteroatoms. The number of rotatable bonds is 6. The molecule has 23 heavy (non-hydrogen) atoms. The smallest absolute Gasteiger partial charge is 0.161 e. The molecule has 0 saturated carbocycles. The monoisotopic (exact) mass is 311 g/mol. The van der Waals surface area contributed by atoms with Crippen LogP contribution in [0.1, 0.15) is 42.0 Å². The van der Waals surface area contributed by atoms with Gasteiger partial charge >= 0.3 is 0 Å². The van der Waals surface area contributed by atoms with E-state index in [9.17, 15) is 8.78 Å². The molecule has 0 bridgehead atoms. The van der Waals surface area contributed by atoms with Crippen molar-refractivity contribution in [1.82, 2.24) is 0 Å². The highest BCUT2D eigenvalue weighted by molar-refractivity contribution is 5.61. The quantitative estimate of drug-likeness (QED) is 0.666. The van der Waals surface area contributed by atoms with Gasteiger partial charge in [0, 0.05) is 12.0 Å². The Hall–Kier alpha value is -2.47. The first-order valence-electron chi connectivity index (χ1n) is 7.77. The largest absolute Gasteiger partial charge is 0.209 e. The number of halogens is 2. The molecule has 0 heterocycles. The molecule has 0 aliphatic rings. The summed E-state index contributed by atoms with van der Waals surface area (Å²) < 4.78 is 27.4.